The third-order valence-corrected chi connectivity index (χ3v) is 13.4. The first-order valence-electron chi connectivity index (χ1n) is 28.2. The van der Waals surface area contributed by atoms with E-state index in [-0.39, 0.29) is 12.5 Å². The number of carbonyl (C=O) groups excluding carboxylic acids is 1. The summed E-state index contributed by atoms with van der Waals surface area (Å²) in [7, 11) is 0. The molecule has 0 aromatic heterocycles. The van der Waals surface area contributed by atoms with Crippen molar-refractivity contribution in [1.29, 1.82) is 0 Å². The molecule has 0 saturated carbocycles. The van der Waals surface area contributed by atoms with E-state index in [9.17, 15) is 30.3 Å². The molecule has 388 valence electrons. The average Bonchev–Trinajstić information content (AvgIpc) is 3.32. The summed E-state index contributed by atoms with van der Waals surface area (Å²) in [5.41, 5.74) is 0. The summed E-state index contributed by atoms with van der Waals surface area (Å²) in [6.45, 7) is 3.77. The van der Waals surface area contributed by atoms with Crippen molar-refractivity contribution < 1.29 is 39.8 Å². The van der Waals surface area contributed by atoms with Crippen LogP contribution in [0.25, 0.3) is 0 Å². The van der Waals surface area contributed by atoms with Gasteiger partial charge in [-0.25, -0.2) is 0 Å². The van der Waals surface area contributed by atoms with Crippen LogP contribution >= 0.6 is 0 Å². The van der Waals surface area contributed by atoms with Crippen molar-refractivity contribution in [2.24, 2.45) is 0 Å². The molecule has 9 nitrogen and oxygen atoms in total. The van der Waals surface area contributed by atoms with Crippen LogP contribution in [0.4, 0.5) is 0 Å². The fraction of sp³-hybridized carbons (Fsp3) is 0.877. The molecule has 7 atom stereocenters. The van der Waals surface area contributed by atoms with Gasteiger partial charge in [-0.2, -0.15) is 0 Å². The van der Waals surface area contributed by atoms with E-state index in [0.717, 1.165) is 38.5 Å². The Balaban J connectivity index is 2.15. The van der Waals surface area contributed by atoms with Crippen LogP contribution in [-0.4, -0.2) is 87.5 Å². The molecule has 6 N–H and O–H groups in total. The summed E-state index contributed by atoms with van der Waals surface area (Å²) < 4.78 is 11.2. The van der Waals surface area contributed by atoms with Gasteiger partial charge in [0, 0.05) is 6.42 Å². The SMILES string of the molecule is CCCCCCCCC/C=C/CC/C=C/C(O)C(COC1OC(CO)C(O)C(O)C1O)NC(=O)CCCCCCCCCCCCCCCC/C=C\CCCCCCCCCCCCCC. The smallest absolute Gasteiger partial charge is 0.220 e. The van der Waals surface area contributed by atoms with E-state index in [1.54, 1.807) is 6.08 Å². The molecule has 0 bridgehead atoms. The largest absolute Gasteiger partial charge is 0.394 e. The van der Waals surface area contributed by atoms with Gasteiger partial charge in [-0.05, 0) is 57.8 Å². The van der Waals surface area contributed by atoms with Crippen LogP contribution in [0, 0.1) is 0 Å². The highest BCUT2D eigenvalue weighted by Crippen LogP contribution is 2.23. The molecule has 9 heteroatoms. The maximum Gasteiger partial charge on any atom is 0.220 e. The molecule has 0 spiro atoms. The highest BCUT2D eigenvalue weighted by molar-refractivity contribution is 5.76. The van der Waals surface area contributed by atoms with Gasteiger partial charge in [-0.1, -0.05) is 237 Å². The maximum atomic E-state index is 13.0. The van der Waals surface area contributed by atoms with Crippen molar-refractivity contribution in [3.8, 4) is 0 Å². The molecule has 0 radical (unpaired) electrons. The Morgan fingerprint density at radius 2 is 0.864 bits per heavy atom. The summed E-state index contributed by atoms with van der Waals surface area (Å²) in [6, 6.07) is -0.819. The first-order valence-corrected chi connectivity index (χ1v) is 28.2. The fourth-order valence-corrected chi connectivity index (χ4v) is 8.93. The molecule has 1 rings (SSSR count). The number of nitrogens with one attached hydrogen (secondary N) is 1. The number of hydrogen-bond donors (Lipinski definition) is 6. The topological polar surface area (TPSA) is 149 Å². The molecule has 7 unspecified atom stereocenters. The average molecular weight is 934 g/mol. The highest BCUT2D eigenvalue weighted by Gasteiger charge is 2.44. The normalized spacial score (nSPS) is 20.0. The number of allylic oxidation sites excluding steroid dienone is 5. The van der Waals surface area contributed by atoms with Crippen molar-refractivity contribution in [3.05, 3.63) is 36.5 Å². The molecular weight excluding hydrogens is 827 g/mol. The predicted molar refractivity (Wildman–Crippen MR) is 276 cm³/mol. The molecule has 66 heavy (non-hydrogen) atoms. The first kappa shape index (κ1) is 62.4. The van der Waals surface area contributed by atoms with Crippen LogP contribution in [0.3, 0.4) is 0 Å². The zero-order valence-corrected chi connectivity index (χ0v) is 43.0. The zero-order valence-electron chi connectivity index (χ0n) is 43.0. The van der Waals surface area contributed by atoms with E-state index in [0.29, 0.717) is 6.42 Å². The van der Waals surface area contributed by atoms with Gasteiger partial charge < -0.3 is 40.3 Å². The molecule has 0 aromatic carbocycles. The summed E-state index contributed by atoms with van der Waals surface area (Å²) >= 11 is 0. The van der Waals surface area contributed by atoms with E-state index < -0.39 is 49.5 Å². The summed E-state index contributed by atoms with van der Waals surface area (Å²) in [6.07, 6.45) is 53.7. The van der Waals surface area contributed by atoms with Crippen LogP contribution in [-0.2, 0) is 14.3 Å². The minimum absolute atomic E-state index is 0.185. The summed E-state index contributed by atoms with van der Waals surface area (Å²) in [5, 5.41) is 54.3. The van der Waals surface area contributed by atoms with E-state index >= 15 is 0 Å². The number of amides is 1. The Labute approximate surface area is 406 Å². The van der Waals surface area contributed by atoms with Crippen molar-refractivity contribution in [2.45, 2.75) is 307 Å². The first-order chi connectivity index (χ1) is 32.3. The number of unbranched alkanes of at least 4 members (excludes halogenated alkanes) is 34. The molecule has 1 amide bonds. The second-order valence-electron chi connectivity index (χ2n) is 19.7. The Kier molecular flexibility index (Phi) is 44.6. The van der Waals surface area contributed by atoms with E-state index in [1.165, 1.54) is 205 Å². The minimum Gasteiger partial charge on any atom is -0.394 e. The van der Waals surface area contributed by atoms with Crippen LogP contribution in [0.5, 0.6) is 0 Å². The monoisotopic (exact) mass is 934 g/mol. The Bertz CT molecular complexity index is 1130. The second-order valence-corrected chi connectivity index (χ2v) is 19.7. The molecule has 0 aliphatic carbocycles. The minimum atomic E-state index is -1.57. The van der Waals surface area contributed by atoms with Gasteiger partial charge in [0.15, 0.2) is 6.29 Å². The third kappa shape index (κ3) is 36.4. The van der Waals surface area contributed by atoms with E-state index in [1.807, 2.05) is 6.08 Å². The molecule has 0 aromatic rings. The van der Waals surface area contributed by atoms with Crippen LogP contribution in [0.15, 0.2) is 36.5 Å². The Morgan fingerprint density at radius 1 is 0.500 bits per heavy atom. The molecule has 1 heterocycles. The zero-order chi connectivity index (χ0) is 48.0. The third-order valence-electron chi connectivity index (χ3n) is 13.4. The van der Waals surface area contributed by atoms with Gasteiger partial charge in [0.2, 0.25) is 5.91 Å². The number of hydrogen-bond acceptors (Lipinski definition) is 8. The number of carbonyl (C=O) groups is 1. The highest BCUT2D eigenvalue weighted by atomic mass is 16.7. The van der Waals surface area contributed by atoms with Gasteiger partial charge in [-0.15, -0.1) is 0 Å². The lowest BCUT2D eigenvalue weighted by Gasteiger charge is -2.40. The van der Waals surface area contributed by atoms with Crippen LogP contribution < -0.4 is 5.32 Å². The number of ether oxygens (including phenoxy) is 2. The van der Waals surface area contributed by atoms with Crippen molar-refractivity contribution in [1.82, 2.24) is 5.32 Å². The second kappa shape index (κ2) is 47.1. The number of rotatable bonds is 48. The van der Waals surface area contributed by atoms with Gasteiger partial charge in [0.05, 0.1) is 25.4 Å². The lowest BCUT2D eigenvalue weighted by molar-refractivity contribution is -0.302. The van der Waals surface area contributed by atoms with E-state index in [2.05, 4.69) is 43.5 Å². The fourth-order valence-electron chi connectivity index (χ4n) is 8.93. The predicted octanol–water partition coefficient (Wildman–Crippen LogP) is 13.6. The van der Waals surface area contributed by atoms with E-state index in [4.69, 9.17) is 9.47 Å². The lowest BCUT2D eigenvalue weighted by Crippen LogP contribution is -2.60. The van der Waals surface area contributed by atoms with Crippen LogP contribution in [0.1, 0.15) is 264 Å². The summed E-state index contributed by atoms with van der Waals surface area (Å²) in [4.78, 5) is 13.0. The van der Waals surface area contributed by atoms with Crippen molar-refractivity contribution >= 4 is 5.91 Å². The van der Waals surface area contributed by atoms with Crippen LogP contribution in [0.2, 0.25) is 0 Å². The molecular formula is C57H107NO8. The molecule has 1 aliphatic heterocycles. The molecule has 1 saturated heterocycles. The van der Waals surface area contributed by atoms with Gasteiger partial charge in [0.1, 0.15) is 24.4 Å². The maximum absolute atomic E-state index is 13.0. The quantitative estimate of drug-likeness (QED) is 0.0261. The Hall–Kier alpha value is -1.59. The van der Waals surface area contributed by atoms with Crippen molar-refractivity contribution in [2.75, 3.05) is 13.2 Å². The summed E-state index contributed by atoms with van der Waals surface area (Å²) in [5.74, 6) is -0.185. The van der Waals surface area contributed by atoms with Gasteiger partial charge >= 0.3 is 0 Å². The van der Waals surface area contributed by atoms with Gasteiger partial charge in [-0.3, -0.25) is 4.79 Å². The lowest BCUT2D eigenvalue weighted by atomic mass is 9.99. The number of aliphatic hydroxyl groups is 5. The molecule has 1 aliphatic rings. The standard InChI is InChI=1S/C57H107NO8/c1-3-5-7-9-11-13-15-17-18-19-20-21-22-23-24-25-26-27-28-29-30-31-32-33-35-37-39-41-43-45-47-53(61)58-50(49-65-57-56(64)55(63)54(62)52(48-59)66-57)51(60)46-44-42-40-38-36-34-16-14-12-10-8-6-4-2/h23-24,36,38,44,46,50-52,54-57,59-60,62-64H,3-22,25-35,37,39-43,45,47-49H2,1-2H3,(H,58,61)/b24-23-,38-36+,46-44+. The van der Waals surface area contributed by atoms with Crippen molar-refractivity contribution in [3.63, 3.8) is 0 Å². The Morgan fingerprint density at radius 3 is 1.27 bits per heavy atom. The number of aliphatic hydroxyl groups excluding tert-OH is 5. The molecule has 1 fully saturated rings. The van der Waals surface area contributed by atoms with Gasteiger partial charge in [0.25, 0.3) is 0 Å².